The monoisotopic (exact) mass is 371 g/mol. The van der Waals surface area contributed by atoms with Crippen LogP contribution < -0.4 is 4.74 Å². The van der Waals surface area contributed by atoms with Crippen LogP contribution in [0.2, 0.25) is 0 Å². The number of carbonyl (C=O) groups is 1. The van der Waals surface area contributed by atoms with Crippen molar-refractivity contribution in [3.63, 3.8) is 0 Å². The molecular formula is C22H29NO4. The minimum Gasteiger partial charge on any atom is -0.496 e. The van der Waals surface area contributed by atoms with Gasteiger partial charge in [0.2, 0.25) is 0 Å². The fourth-order valence-corrected chi connectivity index (χ4v) is 5.10. The number of nitrogens with zero attached hydrogens (tertiary/aromatic N) is 1. The van der Waals surface area contributed by atoms with Crippen molar-refractivity contribution in [1.82, 2.24) is 4.90 Å². The molecule has 0 unspecified atom stereocenters. The molecule has 1 aromatic rings. The van der Waals surface area contributed by atoms with Crippen LogP contribution in [-0.2, 0) is 9.47 Å². The predicted molar refractivity (Wildman–Crippen MR) is 103 cm³/mol. The predicted octanol–water partition coefficient (Wildman–Crippen LogP) is 3.36. The van der Waals surface area contributed by atoms with Crippen molar-refractivity contribution in [3.8, 4) is 5.75 Å². The van der Waals surface area contributed by atoms with E-state index < -0.39 is 0 Å². The highest BCUT2D eigenvalue weighted by molar-refractivity contribution is 5.95. The van der Waals surface area contributed by atoms with Gasteiger partial charge in [-0.3, -0.25) is 4.79 Å². The molecule has 2 atom stereocenters. The standard InChI is InChI=1S/C22H29NO4/c1-16-14-17(4-5-19(16)25-2)21(24)23-10-3-9-22(15-27-13-8-20(22)23)18-6-11-26-12-7-18/h4-6,14,20H,3,7-13,15H2,1-2H3/t20-,22-/m0/s1. The van der Waals surface area contributed by atoms with Crippen LogP contribution in [0.5, 0.6) is 5.75 Å². The highest BCUT2D eigenvalue weighted by Crippen LogP contribution is 2.48. The normalized spacial score (nSPS) is 28.3. The topological polar surface area (TPSA) is 48.0 Å². The van der Waals surface area contributed by atoms with Gasteiger partial charge in [-0.15, -0.1) is 0 Å². The summed E-state index contributed by atoms with van der Waals surface area (Å²) in [6.07, 6.45) is 6.19. The molecule has 3 heterocycles. The maximum atomic E-state index is 13.4. The number of amides is 1. The van der Waals surface area contributed by atoms with Crippen LogP contribution in [0.25, 0.3) is 0 Å². The molecule has 0 saturated carbocycles. The largest absolute Gasteiger partial charge is 0.496 e. The molecule has 1 aromatic carbocycles. The molecule has 4 rings (SSSR count). The van der Waals surface area contributed by atoms with Crippen molar-refractivity contribution in [3.05, 3.63) is 41.0 Å². The third-order valence-corrected chi connectivity index (χ3v) is 6.44. The van der Waals surface area contributed by atoms with E-state index in [9.17, 15) is 4.79 Å². The lowest BCUT2D eigenvalue weighted by atomic mass is 9.65. The van der Waals surface area contributed by atoms with Crippen LogP contribution in [0.1, 0.15) is 41.6 Å². The van der Waals surface area contributed by atoms with E-state index in [1.807, 2.05) is 25.1 Å². The smallest absolute Gasteiger partial charge is 0.254 e. The van der Waals surface area contributed by atoms with E-state index in [1.54, 1.807) is 7.11 Å². The van der Waals surface area contributed by atoms with Crippen LogP contribution >= 0.6 is 0 Å². The van der Waals surface area contributed by atoms with E-state index in [0.29, 0.717) is 6.61 Å². The summed E-state index contributed by atoms with van der Waals surface area (Å²) in [5.74, 6) is 0.947. The highest BCUT2D eigenvalue weighted by Gasteiger charge is 2.50. The third-order valence-electron chi connectivity index (χ3n) is 6.44. The maximum Gasteiger partial charge on any atom is 0.254 e. The molecule has 146 valence electrons. The number of fused-ring (bicyclic) bond motifs is 1. The van der Waals surface area contributed by atoms with Gasteiger partial charge in [-0.25, -0.2) is 0 Å². The Morgan fingerprint density at radius 3 is 2.93 bits per heavy atom. The molecule has 3 aliphatic rings. The zero-order chi connectivity index (χ0) is 18.9. The molecule has 0 N–H and O–H groups in total. The molecule has 3 aliphatic heterocycles. The number of hydrogen-bond donors (Lipinski definition) is 0. The molecule has 27 heavy (non-hydrogen) atoms. The Hall–Kier alpha value is -1.85. The van der Waals surface area contributed by atoms with Crippen LogP contribution in [0, 0.1) is 12.3 Å². The van der Waals surface area contributed by atoms with Crippen molar-refractivity contribution < 1.29 is 19.0 Å². The lowest BCUT2D eigenvalue weighted by Crippen LogP contribution is -2.59. The van der Waals surface area contributed by atoms with Gasteiger partial charge < -0.3 is 19.1 Å². The van der Waals surface area contributed by atoms with Crippen LogP contribution in [0.4, 0.5) is 0 Å². The maximum absolute atomic E-state index is 13.4. The average molecular weight is 371 g/mol. The number of likely N-dealkylation sites (tertiary alicyclic amines) is 1. The third kappa shape index (κ3) is 3.27. The Kier molecular flexibility index (Phi) is 5.24. The first kappa shape index (κ1) is 18.5. The molecule has 2 saturated heterocycles. The Labute approximate surface area is 161 Å². The molecule has 2 fully saturated rings. The number of ether oxygens (including phenoxy) is 3. The molecule has 0 spiro atoms. The summed E-state index contributed by atoms with van der Waals surface area (Å²) >= 11 is 0. The second-order valence-electron chi connectivity index (χ2n) is 7.85. The summed E-state index contributed by atoms with van der Waals surface area (Å²) in [6.45, 7) is 5.69. The van der Waals surface area contributed by atoms with Crippen molar-refractivity contribution >= 4 is 5.91 Å². The van der Waals surface area contributed by atoms with Gasteiger partial charge in [-0.05, 0) is 56.4 Å². The second kappa shape index (κ2) is 7.64. The lowest BCUT2D eigenvalue weighted by molar-refractivity contribution is -0.0739. The first-order valence-corrected chi connectivity index (χ1v) is 9.96. The van der Waals surface area contributed by atoms with E-state index in [4.69, 9.17) is 14.2 Å². The number of rotatable bonds is 3. The second-order valence-corrected chi connectivity index (χ2v) is 7.85. The Morgan fingerprint density at radius 2 is 2.19 bits per heavy atom. The molecule has 1 amide bonds. The van der Waals surface area contributed by atoms with E-state index in [-0.39, 0.29) is 17.4 Å². The number of benzene rings is 1. The Morgan fingerprint density at radius 1 is 1.30 bits per heavy atom. The number of carbonyl (C=O) groups excluding carboxylic acids is 1. The van der Waals surface area contributed by atoms with Gasteiger partial charge >= 0.3 is 0 Å². The van der Waals surface area contributed by atoms with E-state index >= 15 is 0 Å². The van der Waals surface area contributed by atoms with E-state index in [0.717, 1.165) is 68.9 Å². The van der Waals surface area contributed by atoms with E-state index in [2.05, 4.69) is 11.0 Å². The minimum absolute atomic E-state index is 0.0442. The van der Waals surface area contributed by atoms with Crippen molar-refractivity contribution in [1.29, 1.82) is 0 Å². The van der Waals surface area contributed by atoms with Crippen LogP contribution in [-0.4, -0.2) is 56.9 Å². The van der Waals surface area contributed by atoms with Gasteiger partial charge in [0.15, 0.2) is 0 Å². The van der Waals surface area contributed by atoms with Crippen molar-refractivity contribution in [2.45, 2.75) is 38.6 Å². The first-order valence-electron chi connectivity index (χ1n) is 9.96. The van der Waals surface area contributed by atoms with Crippen molar-refractivity contribution in [2.75, 3.05) is 40.1 Å². The highest BCUT2D eigenvalue weighted by atomic mass is 16.5. The lowest BCUT2D eigenvalue weighted by Gasteiger charge is -2.54. The molecular weight excluding hydrogens is 342 g/mol. The van der Waals surface area contributed by atoms with Gasteiger partial charge in [0.25, 0.3) is 5.91 Å². The van der Waals surface area contributed by atoms with Gasteiger partial charge in [-0.1, -0.05) is 11.6 Å². The molecule has 0 aromatic heterocycles. The summed E-state index contributed by atoms with van der Waals surface area (Å²) < 4.78 is 16.8. The quantitative estimate of drug-likeness (QED) is 0.765. The summed E-state index contributed by atoms with van der Waals surface area (Å²) in [7, 11) is 1.66. The Bertz CT molecular complexity index is 740. The number of hydrogen-bond acceptors (Lipinski definition) is 4. The molecule has 0 bridgehead atoms. The number of piperidine rings is 1. The fourth-order valence-electron chi connectivity index (χ4n) is 5.10. The number of methoxy groups -OCH3 is 1. The summed E-state index contributed by atoms with van der Waals surface area (Å²) in [4.78, 5) is 15.5. The van der Waals surface area contributed by atoms with Gasteiger partial charge in [0.05, 0.1) is 26.9 Å². The van der Waals surface area contributed by atoms with Gasteiger partial charge in [0.1, 0.15) is 5.75 Å². The number of aryl methyl sites for hydroxylation is 1. The first-order chi connectivity index (χ1) is 13.2. The minimum atomic E-state index is -0.0442. The fraction of sp³-hybridized carbons (Fsp3) is 0.591. The summed E-state index contributed by atoms with van der Waals surface area (Å²) in [5, 5.41) is 0. The van der Waals surface area contributed by atoms with Gasteiger partial charge in [-0.2, -0.15) is 0 Å². The van der Waals surface area contributed by atoms with Crippen LogP contribution in [0.15, 0.2) is 29.8 Å². The SMILES string of the molecule is COc1ccc(C(=O)N2CCC[C@@]3(C4=CCOCC4)COCC[C@H]23)cc1C. The average Bonchev–Trinajstić information content (AvgIpc) is 2.73. The van der Waals surface area contributed by atoms with Crippen molar-refractivity contribution in [2.24, 2.45) is 5.41 Å². The molecule has 0 radical (unpaired) electrons. The molecule has 5 nitrogen and oxygen atoms in total. The Balaban J connectivity index is 1.65. The zero-order valence-electron chi connectivity index (χ0n) is 16.3. The molecule has 0 aliphatic carbocycles. The van der Waals surface area contributed by atoms with Crippen LogP contribution in [0.3, 0.4) is 0 Å². The van der Waals surface area contributed by atoms with E-state index in [1.165, 1.54) is 5.57 Å². The zero-order valence-corrected chi connectivity index (χ0v) is 16.3. The summed E-state index contributed by atoms with van der Waals surface area (Å²) in [5.41, 5.74) is 3.13. The molecule has 5 heteroatoms. The van der Waals surface area contributed by atoms with Gasteiger partial charge in [0, 0.05) is 30.2 Å². The summed E-state index contributed by atoms with van der Waals surface area (Å²) in [6, 6.07) is 5.94.